The Balaban J connectivity index is 1.67. The molecule has 4 aromatic rings. The Bertz CT molecular complexity index is 1280. The molecule has 0 N–H and O–H groups in total. The van der Waals surface area contributed by atoms with Crippen LogP contribution in [0.15, 0.2) is 106 Å². The van der Waals surface area contributed by atoms with E-state index in [2.05, 4.69) is 48.5 Å². The molecule has 0 bridgehead atoms. The van der Waals surface area contributed by atoms with E-state index in [4.69, 9.17) is 18.9 Å². The lowest BCUT2D eigenvalue weighted by atomic mass is 9.99. The zero-order chi connectivity index (χ0) is 27.9. The van der Waals surface area contributed by atoms with Gasteiger partial charge >= 0.3 is 0 Å². The molecule has 1 heterocycles. The van der Waals surface area contributed by atoms with Gasteiger partial charge in [0.15, 0.2) is 0 Å². The summed E-state index contributed by atoms with van der Waals surface area (Å²) in [5.41, 5.74) is 6.96. The molecule has 0 amide bonds. The van der Waals surface area contributed by atoms with E-state index in [1.807, 2.05) is 83.8 Å². The van der Waals surface area contributed by atoms with Gasteiger partial charge in [-0.2, -0.15) is 0 Å². The van der Waals surface area contributed by atoms with Gasteiger partial charge in [-0.05, 0) is 70.8 Å². The Morgan fingerprint density at radius 2 is 0.675 bits per heavy atom. The molecule has 1 saturated heterocycles. The minimum absolute atomic E-state index is 0.837. The lowest BCUT2D eigenvalue weighted by Gasteiger charge is -2.24. The van der Waals surface area contributed by atoms with Gasteiger partial charge in [0.25, 0.3) is 0 Å². The van der Waals surface area contributed by atoms with Crippen molar-refractivity contribution in [3.05, 3.63) is 128 Å². The number of hydrogen-bond acceptors (Lipinski definition) is 7. The maximum Gasteiger partial charge on any atom is 0.118 e. The van der Waals surface area contributed by atoms with E-state index in [0.717, 1.165) is 50.3 Å². The molecule has 1 aliphatic heterocycles. The topological polar surface area (TPSA) is 36.9 Å². The Morgan fingerprint density at radius 1 is 0.425 bits per heavy atom. The zero-order valence-electron chi connectivity index (χ0n) is 22.8. The van der Waals surface area contributed by atoms with Crippen molar-refractivity contribution >= 4 is 46.4 Å². The standard InChI is InChI=1S/C33H30O4S3/c1-34-26-13-5-22(6-14-26)30(23-7-15-27(35-2)16-8-23)32-38-21-39-33(40-32)31(24-9-17-28(36-3)18-10-24)25-11-19-29(37-4)20-12-25/h5-20H,21H2,1-4H3. The van der Waals surface area contributed by atoms with E-state index < -0.39 is 0 Å². The Kier molecular flexibility index (Phi) is 9.37. The molecule has 0 spiro atoms. The largest absolute Gasteiger partial charge is 0.497 e. The van der Waals surface area contributed by atoms with Crippen LogP contribution in [0.1, 0.15) is 22.3 Å². The fourth-order valence-electron chi connectivity index (χ4n) is 4.36. The molecule has 7 heteroatoms. The summed E-state index contributed by atoms with van der Waals surface area (Å²) in [6.07, 6.45) is 0. The fraction of sp³-hybridized carbons (Fsp3) is 0.152. The van der Waals surface area contributed by atoms with E-state index in [9.17, 15) is 0 Å². The summed E-state index contributed by atoms with van der Waals surface area (Å²) in [5.74, 6) is 3.35. The maximum absolute atomic E-state index is 5.44. The molecule has 1 aliphatic rings. The molecule has 0 unspecified atom stereocenters. The van der Waals surface area contributed by atoms with Crippen molar-refractivity contribution in [2.75, 3.05) is 33.5 Å². The first kappa shape index (κ1) is 28.1. The van der Waals surface area contributed by atoms with Gasteiger partial charge < -0.3 is 18.9 Å². The summed E-state index contributed by atoms with van der Waals surface area (Å²) >= 11 is 5.57. The predicted molar refractivity (Wildman–Crippen MR) is 172 cm³/mol. The third kappa shape index (κ3) is 6.33. The first-order chi connectivity index (χ1) is 19.6. The van der Waals surface area contributed by atoms with Gasteiger partial charge in [0.1, 0.15) is 23.0 Å². The monoisotopic (exact) mass is 586 g/mol. The third-order valence-corrected chi connectivity index (χ3v) is 10.4. The predicted octanol–water partition coefficient (Wildman–Crippen LogP) is 9.03. The Labute approximate surface area is 248 Å². The third-order valence-electron chi connectivity index (χ3n) is 6.49. The van der Waals surface area contributed by atoms with Crippen LogP contribution < -0.4 is 18.9 Å². The van der Waals surface area contributed by atoms with Crippen LogP contribution in [0.2, 0.25) is 0 Å². The summed E-state index contributed by atoms with van der Waals surface area (Å²) in [4.78, 5) is 0. The van der Waals surface area contributed by atoms with Crippen LogP contribution in [0.25, 0.3) is 11.1 Å². The Hall–Kier alpha value is -3.39. The normalized spacial score (nSPS) is 13.0. The highest BCUT2D eigenvalue weighted by atomic mass is 32.3. The van der Waals surface area contributed by atoms with Crippen molar-refractivity contribution in [1.29, 1.82) is 0 Å². The number of benzene rings is 4. The molecule has 1 fully saturated rings. The van der Waals surface area contributed by atoms with E-state index in [-0.39, 0.29) is 0 Å². The first-order valence-corrected chi connectivity index (χ1v) is 15.4. The lowest BCUT2D eigenvalue weighted by molar-refractivity contribution is 0.414. The van der Waals surface area contributed by atoms with Crippen LogP contribution in [0.5, 0.6) is 23.0 Å². The number of rotatable bonds is 8. The smallest absolute Gasteiger partial charge is 0.118 e. The van der Waals surface area contributed by atoms with Gasteiger partial charge in [-0.25, -0.2) is 0 Å². The quantitative estimate of drug-likeness (QED) is 0.204. The summed E-state index contributed by atoms with van der Waals surface area (Å²) in [6.45, 7) is 0. The van der Waals surface area contributed by atoms with Gasteiger partial charge in [-0.15, -0.1) is 23.5 Å². The lowest BCUT2D eigenvalue weighted by Crippen LogP contribution is -1.98. The van der Waals surface area contributed by atoms with Gasteiger partial charge in [-0.3, -0.25) is 0 Å². The van der Waals surface area contributed by atoms with Crippen LogP contribution in [-0.4, -0.2) is 33.5 Å². The van der Waals surface area contributed by atoms with Crippen LogP contribution in [-0.2, 0) is 0 Å². The zero-order valence-corrected chi connectivity index (χ0v) is 25.3. The van der Waals surface area contributed by atoms with Gasteiger partial charge in [0.2, 0.25) is 0 Å². The molecule has 5 rings (SSSR count). The van der Waals surface area contributed by atoms with Crippen molar-refractivity contribution in [3.63, 3.8) is 0 Å². The second-order valence-corrected chi connectivity index (χ2v) is 12.6. The molecule has 4 nitrogen and oxygen atoms in total. The maximum atomic E-state index is 5.44. The van der Waals surface area contributed by atoms with Gasteiger partial charge in [0, 0.05) is 16.2 Å². The molecular formula is C33H30O4S3. The fourth-order valence-corrected chi connectivity index (χ4v) is 9.05. The second kappa shape index (κ2) is 13.3. The SMILES string of the molecule is COc1ccc(C(=C2SCSC(=C(c3ccc(OC)cc3)c3ccc(OC)cc3)S2)c2ccc(OC)cc2)cc1. The van der Waals surface area contributed by atoms with Crippen molar-refractivity contribution in [3.8, 4) is 23.0 Å². The summed E-state index contributed by atoms with van der Waals surface area (Å²) in [7, 11) is 6.77. The highest BCUT2D eigenvalue weighted by molar-refractivity contribution is 8.39. The van der Waals surface area contributed by atoms with E-state index in [1.165, 1.54) is 19.6 Å². The summed E-state index contributed by atoms with van der Waals surface area (Å²) in [5, 5.41) is 0.906. The molecule has 0 aliphatic carbocycles. The molecule has 0 saturated carbocycles. The number of thioether (sulfide) groups is 3. The van der Waals surface area contributed by atoms with Gasteiger partial charge in [0.05, 0.1) is 36.9 Å². The van der Waals surface area contributed by atoms with Crippen molar-refractivity contribution < 1.29 is 18.9 Å². The molecule has 0 atom stereocenters. The molecule has 0 aromatic heterocycles. The van der Waals surface area contributed by atoms with E-state index in [0.29, 0.717) is 0 Å². The van der Waals surface area contributed by atoms with Crippen LogP contribution in [0, 0.1) is 0 Å². The highest BCUT2D eigenvalue weighted by Crippen LogP contribution is 2.55. The molecule has 204 valence electrons. The highest BCUT2D eigenvalue weighted by Gasteiger charge is 2.24. The molecule has 40 heavy (non-hydrogen) atoms. The Morgan fingerprint density at radius 3 is 0.900 bits per heavy atom. The summed E-state index contributed by atoms with van der Waals surface area (Å²) in [6, 6.07) is 33.2. The van der Waals surface area contributed by atoms with Crippen LogP contribution >= 0.6 is 35.3 Å². The second-order valence-electron chi connectivity index (χ2n) is 8.75. The number of hydrogen-bond donors (Lipinski definition) is 0. The van der Waals surface area contributed by atoms with Crippen molar-refractivity contribution in [1.82, 2.24) is 0 Å². The van der Waals surface area contributed by atoms with Crippen molar-refractivity contribution in [2.45, 2.75) is 0 Å². The van der Waals surface area contributed by atoms with Crippen LogP contribution in [0.4, 0.5) is 0 Å². The van der Waals surface area contributed by atoms with E-state index in [1.54, 1.807) is 28.4 Å². The average Bonchev–Trinajstić information content (AvgIpc) is 3.03. The number of methoxy groups -OCH3 is 4. The average molecular weight is 587 g/mol. The first-order valence-electron chi connectivity index (χ1n) is 12.6. The van der Waals surface area contributed by atoms with Crippen molar-refractivity contribution in [2.24, 2.45) is 0 Å². The minimum Gasteiger partial charge on any atom is -0.497 e. The molecular weight excluding hydrogens is 557 g/mol. The van der Waals surface area contributed by atoms with Gasteiger partial charge in [-0.1, -0.05) is 60.3 Å². The molecule has 4 aromatic carbocycles. The molecule has 0 radical (unpaired) electrons. The minimum atomic E-state index is 0.837. The van der Waals surface area contributed by atoms with E-state index >= 15 is 0 Å². The van der Waals surface area contributed by atoms with Crippen LogP contribution in [0.3, 0.4) is 0 Å². The summed E-state index contributed by atoms with van der Waals surface area (Å²) < 4.78 is 24.3. The number of ether oxygens (including phenoxy) is 4.